The van der Waals surface area contributed by atoms with Gasteiger partial charge in [0.2, 0.25) is 11.8 Å². The van der Waals surface area contributed by atoms with Crippen molar-refractivity contribution < 1.29 is 14.0 Å². The molecule has 4 rings (SSSR count). The van der Waals surface area contributed by atoms with E-state index in [-0.39, 0.29) is 5.91 Å². The number of rotatable bonds is 3. The number of hydrogen-bond acceptors (Lipinski definition) is 5. The zero-order chi connectivity index (χ0) is 16.7. The molecule has 0 saturated carbocycles. The molecule has 1 atom stereocenters. The van der Waals surface area contributed by atoms with Crippen LogP contribution in [0.5, 0.6) is 0 Å². The van der Waals surface area contributed by atoms with Gasteiger partial charge < -0.3 is 14.6 Å². The minimum absolute atomic E-state index is 0.241. The normalized spacial score (nSPS) is 16.5. The van der Waals surface area contributed by atoms with Gasteiger partial charge in [0.25, 0.3) is 0 Å². The first-order chi connectivity index (χ1) is 11.7. The summed E-state index contributed by atoms with van der Waals surface area (Å²) in [5, 5.41) is 3.60. The smallest absolute Gasteiger partial charge is 0.244 e. The predicted octanol–water partition coefficient (Wildman–Crippen LogP) is 2.31. The Morgan fingerprint density at radius 2 is 2.12 bits per heavy atom. The van der Waals surface area contributed by atoms with Crippen molar-refractivity contribution >= 4 is 34.2 Å². The molecule has 0 saturated heterocycles. The van der Waals surface area contributed by atoms with E-state index in [0.29, 0.717) is 23.4 Å². The molecule has 120 valence electrons. The molecular formula is C17H14N4O3. The van der Waals surface area contributed by atoms with E-state index in [2.05, 4.69) is 15.3 Å². The van der Waals surface area contributed by atoms with Crippen molar-refractivity contribution in [2.45, 2.75) is 12.8 Å². The Bertz CT molecular complexity index is 935. The van der Waals surface area contributed by atoms with Gasteiger partial charge in [0.1, 0.15) is 17.8 Å². The Labute approximate surface area is 137 Å². The van der Waals surface area contributed by atoms with E-state index >= 15 is 0 Å². The number of nitrogens with zero attached hydrogens (tertiary/aromatic N) is 3. The molecule has 1 aliphatic rings. The number of nitrogens with one attached hydrogen (secondary N) is 1. The van der Waals surface area contributed by atoms with Crippen molar-refractivity contribution in [3.05, 3.63) is 48.7 Å². The fraction of sp³-hybridized carbons (Fsp3) is 0.176. The fourth-order valence-electron chi connectivity index (χ4n) is 3.04. The SMILES string of the molecule is CCN1C(=O)C(C(=O)Nc2cncnc2)c2cc3occc3cc21. The van der Waals surface area contributed by atoms with Crippen molar-refractivity contribution in [3.8, 4) is 0 Å². The zero-order valence-corrected chi connectivity index (χ0v) is 12.9. The quantitative estimate of drug-likeness (QED) is 0.748. The van der Waals surface area contributed by atoms with E-state index in [1.165, 1.54) is 18.7 Å². The van der Waals surface area contributed by atoms with Crippen molar-refractivity contribution in [1.29, 1.82) is 0 Å². The summed E-state index contributed by atoms with van der Waals surface area (Å²) < 4.78 is 5.41. The van der Waals surface area contributed by atoms with Crippen LogP contribution in [0, 0.1) is 0 Å². The molecule has 2 amide bonds. The van der Waals surface area contributed by atoms with E-state index in [0.717, 1.165) is 11.1 Å². The monoisotopic (exact) mass is 322 g/mol. The number of benzene rings is 1. The summed E-state index contributed by atoms with van der Waals surface area (Å²) in [6, 6.07) is 5.49. The third-order valence-electron chi connectivity index (χ3n) is 4.12. The van der Waals surface area contributed by atoms with Crippen LogP contribution in [0.4, 0.5) is 11.4 Å². The molecule has 0 aliphatic carbocycles. The number of carbonyl (C=O) groups is 2. The molecule has 1 unspecified atom stereocenters. The van der Waals surface area contributed by atoms with E-state index in [1.54, 1.807) is 17.2 Å². The van der Waals surface area contributed by atoms with E-state index in [1.807, 2.05) is 19.1 Å². The van der Waals surface area contributed by atoms with Crippen molar-refractivity contribution in [1.82, 2.24) is 9.97 Å². The van der Waals surface area contributed by atoms with Gasteiger partial charge in [-0.15, -0.1) is 0 Å². The minimum Gasteiger partial charge on any atom is -0.464 e. The molecule has 7 nitrogen and oxygen atoms in total. The summed E-state index contributed by atoms with van der Waals surface area (Å²) >= 11 is 0. The number of carbonyl (C=O) groups excluding carboxylic acids is 2. The predicted molar refractivity (Wildman–Crippen MR) is 87.6 cm³/mol. The van der Waals surface area contributed by atoms with Gasteiger partial charge in [-0.2, -0.15) is 0 Å². The van der Waals surface area contributed by atoms with Crippen LogP contribution in [0.2, 0.25) is 0 Å². The van der Waals surface area contributed by atoms with Gasteiger partial charge >= 0.3 is 0 Å². The lowest BCUT2D eigenvalue weighted by molar-refractivity contribution is -0.126. The molecule has 1 aromatic carbocycles. The van der Waals surface area contributed by atoms with Crippen LogP contribution in [0.15, 0.2) is 47.6 Å². The Balaban J connectivity index is 1.76. The van der Waals surface area contributed by atoms with Gasteiger partial charge in [-0.05, 0) is 25.1 Å². The molecule has 0 bridgehead atoms. The molecule has 0 radical (unpaired) electrons. The highest BCUT2D eigenvalue weighted by Gasteiger charge is 2.41. The van der Waals surface area contributed by atoms with Gasteiger partial charge in [-0.3, -0.25) is 9.59 Å². The maximum absolute atomic E-state index is 12.7. The van der Waals surface area contributed by atoms with Crippen LogP contribution in [0.1, 0.15) is 18.4 Å². The number of anilines is 2. The van der Waals surface area contributed by atoms with Crippen molar-refractivity contribution in [3.63, 3.8) is 0 Å². The lowest BCUT2D eigenvalue weighted by Crippen LogP contribution is -2.33. The molecule has 24 heavy (non-hydrogen) atoms. The molecule has 3 aromatic rings. The van der Waals surface area contributed by atoms with E-state index in [9.17, 15) is 9.59 Å². The number of hydrogen-bond donors (Lipinski definition) is 1. The molecule has 2 aromatic heterocycles. The fourth-order valence-corrected chi connectivity index (χ4v) is 3.04. The van der Waals surface area contributed by atoms with Crippen LogP contribution >= 0.6 is 0 Å². The largest absolute Gasteiger partial charge is 0.464 e. The lowest BCUT2D eigenvalue weighted by atomic mass is 9.99. The molecule has 0 fully saturated rings. The summed E-state index contributed by atoms with van der Waals surface area (Å²) in [4.78, 5) is 34.7. The average Bonchev–Trinajstić information content (AvgIpc) is 3.14. The number of likely N-dealkylation sites (N-methyl/N-ethyl adjacent to an activating group) is 1. The second kappa shape index (κ2) is 5.45. The van der Waals surface area contributed by atoms with Crippen molar-refractivity contribution in [2.24, 2.45) is 0 Å². The highest BCUT2D eigenvalue weighted by molar-refractivity contribution is 6.21. The molecule has 1 N–H and O–H groups in total. The Morgan fingerprint density at radius 3 is 2.88 bits per heavy atom. The van der Waals surface area contributed by atoms with Crippen LogP contribution < -0.4 is 10.2 Å². The maximum Gasteiger partial charge on any atom is 0.244 e. The lowest BCUT2D eigenvalue weighted by Gasteiger charge is -2.15. The first-order valence-corrected chi connectivity index (χ1v) is 7.57. The van der Waals surface area contributed by atoms with Crippen LogP contribution in [-0.4, -0.2) is 28.3 Å². The minimum atomic E-state index is -0.908. The maximum atomic E-state index is 12.7. The summed E-state index contributed by atoms with van der Waals surface area (Å²) in [5.41, 5.74) is 2.51. The van der Waals surface area contributed by atoms with Gasteiger partial charge in [-0.25, -0.2) is 9.97 Å². The molecule has 7 heteroatoms. The van der Waals surface area contributed by atoms with Crippen LogP contribution in [0.3, 0.4) is 0 Å². The second-order valence-corrected chi connectivity index (χ2v) is 5.50. The summed E-state index contributed by atoms with van der Waals surface area (Å²) in [6.45, 7) is 2.37. The first kappa shape index (κ1) is 14.4. The molecule has 3 heterocycles. The number of fused-ring (bicyclic) bond motifs is 2. The third-order valence-corrected chi connectivity index (χ3v) is 4.12. The van der Waals surface area contributed by atoms with Crippen LogP contribution in [-0.2, 0) is 9.59 Å². The molecule has 0 spiro atoms. The zero-order valence-electron chi connectivity index (χ0n) is 12.9. The van der Waals surface area contributed by atoms with E-state index < -0.39 is 11.8 Å². The summed E-state index contributed by atoms with van der Waals surface area (Å²) in [5.74, 6) is -1.55. The van der Waals surface area contributed by atoms with Crippen molar-refractivity contribution in [2.75, 3.05) is 16.8 Å². The average molecular weight is 322 g/mol. The standard InChI is InChI=1S/C17H14N4O3/c1-2-21-13-5-10-3-4-24-14(10)6-12(13)15(17(21)23)16(22)20-11-7-18-9-19-8-11/h3-9,15H,2H2,1H3,(H,20,22). The highest BCUT2D eigenvalue weighted by Crippen LogP contribution is 2.40. The summed E-state index contributed by atoms with van der Waals surface area (Å²) in [6.07, 6.45) is 5.93. The van der Waals surface area contributed by atoms with E-state index in [4.69, 9.17) is 4.42 Å². The summed E-state index contributed by atoms with van der Waals surface area (Å²) in [7, 11) is 0. The first-order valence-electron chi connectivity index (χ1n) is 7.57. The highest BCUT2D eigenvalue weighted by atomic mass is 16.3. The third kappa shape index (κ3) is 2.13. The Kier molecular flexibility index (Phi) is 3.26. The molecular weight excluding hydrogens is 308 g/mol. The Hall–Kier alpha value is -3.22. The molecule has 1 aliphatic heterocycles. The van der Waals surface area contributed by atoms with Gasteiger partial charge in [0.05, 0.1) is 24.3 Å². The number of furan rings is 1. The number of amides is 2. The number of aromatic nitrogens is 2. The van der Waals surface area contributed by atoms with Gasteiger partial charge in [-0.1, -0.05) is 0 Å². The second-order valence-electron chi connectivity index (χ2n) is 5.50. The van der Waals surface area contributed by atoms with Gasteiger partial charge in [0, 0.05) is 23.2 Å². The Morgan fingerprint density at radius 1 is 1.33 bits per heavy atom. The van der Waals surface area contributed by atoms with Gasteiger partial charge in [0.15, 0.2) is 0 Å². The topological polar surface area (TPSA) is 88.3 Å². The van der Waals surface area contributed by atoms with Crippen LogP contribution in [0.25, 0.3) is 11.0 Å².